The van der Waals surface area contributed by atoms with Gasteiger partial charge in [0.05, 0.1) is 5.92 Å². The lowest BCUT2D eigenvalue weighted by Crippen LogP contribution is -2.16. The number of benzene rings is 1. The summed E-state index contributed by atoms with van der Waals surface area (Å²) in [5.74, 6) is -1.82. The van der Waals surface area contributed by atoms with Crippen LogP contribution in [0.4, 0.5) is 4.39 Å². The van der Waals surface area contributed by atoms with Crippen molar-refractivity contribution in [3.05, 3.63) is 41.7 Å². The minimum Gasteiger partial charge on any atom is -0.481 e. The molecule has 0 bridgehead atoms. The van der Waals surface area contributed by atoms with Gasteiger partial charge < -0.3 is 5.11 Å². The Kier molecular flexibility index (Phi) is 4.23. The maximum absolute atomic E-state index is 13.2. The Morgan fingerprint density at radius 3 is 2.50 bits per heavy atom. The summed E-state index contributed by atoms with van der Waals surface area (Å²) < 4.78 is 13.2. The van der Waals surface area contributed by atoms with Crippen LogP contribution in [0, 0.1) is 17.7 Å². The van der Waals surface area contributed by atoms with E-state index in [1.807, 2.05) is 13.8 Å². The van der Waals surface area contributed by atoms with Crippen molar-refractivity contribution in [2.45, 2.75) is 13.8 Å². The SMILES string of the molecule is CC(C)C(/C=C/c1ccccc1F)C(=O)O. The fraction of sp³-hybridized carbons (Fsp3) is 0.308. The summed E-state index contributed by atoms with van der Waals surface area (Å²) in [6.07, 6.45) is 3.06. The van der Waals surface area contributed by atoms with Gasteiger partial charge in [0.25, 0.3) is 0 Å². The zero-order valence-corrected chi connectivity index (χ0v) is 9.35. The van der Waals surface area contributed by atoms with E-state index in [4.69, 9.17) is 5.11 Å². The first-order valence-electron chi connectivity index (χ1n) is 5.18. The summed E-state index contributed by atoms with van der Waals surface area (Å²) in [6, 6.07) is 6.29. The third-order valence-corrected chi connectivity index (χ3v) is 2.39. The lowest BCUT2D eigenvalue weighted by molar-refractivity contribution is -0.141. The molecule has 1 aromatic rings. The molecule has 1 aromatic carbocycles. The van der Waals surface area contributed by atoms with Gasteiger partial charge in [-0.05, 0) is 12.0 Å². The van der Waals surface area contributed by atoms with Gasteiger partial charge in [0.1, 0.15) is 5.82 Å². The van der Waals surface area contributed by atoms with Gasteiger partial charge in [-0.25, -0.2) is 4.39 Å². The molecule has 0 spiro atoms. The van der Waals surface area contributed by atoms with Crippen LogP contribution in [0.25, 0.3) is 6.08 Å². The fourth-order valence-electron chi connectivity index (χ4n) is 1.41. The van der Waals surface area contributed by atoms with Crippen molar-refractivity contribution in [3.63, 3.8) is 0 Å². The van der Waals surface area contributed by atoms with Gasteiger partial charge in [-0.3, -0.25) is 4.79 Å². The van der Waals surface area contributed by atoms with E-state index in [0.717, 1.165) is 0 Å². The molecule has 0 saturated carbocycles. The number of rotatable bonds is 4. The first-order valence-corrected chi connectivity index (χ1v) is 5.18. The third kappa shape index (κ3) is 3.19. The second-order valence-electron chi connectivity index (χ2n) is 3.99. The average Bonchev–Trinajstić information content (AvgIpc) is 2.20. The van der Waals surface area contributed by atoms with Crippen LogP contribution in [0.3, 0.4) is 0 Å². The monoisotopic (exact) mass is 222 g/mol. The van der Waals surface area contributed by atoms with Crippen LogP contribution in [-0.4, -0.2) is 11.1 Å². The van der Waals surface area contributed by atoms with E-state index in [1.54, 1.807) is 18.2 Å². The molecule has 0 saturated heterocycles. The van der Waals surface area contributed by atoms with Crippen molar-refractivity contribution < 1.29 is 14.3 Å². The molecule has 1 unspecified atom stereocenters. The molecule has 0 aromatic heterocycles. The molecule has 16 heavy (non-hydrogen) atoms. The Morgan fingerprint density at radius 1 is 1.38 bits per heavy atom. The van der Waals surface area contributed by atoms with E-state index in [9.17, 15) is 9.18 Å². The van der Waals surface area contributed by atoms with Crippen LogP contribution in [-0.2, 0) is 4.79 Å². The van der Waals surface area contributed by atoms with E-state index in [-0.39, 0.29) is 11.7 Å². The second-order valence-corrected chi connectivity index (χ2v) is 3.99. The Hall–Kier alpha value is -1.64. The third-order valence-electron chi connectivity index (χ3n) is 2.39. The molecule has 3 heteroatoms. The normalized spacial score (nSPS) is 13.2. The van der Waals surface area contributed by atoms with Crippen molar-refractivity contribution in [3.8, 4) is 0 Å². The van der Waals surface area contributed by atoms with Gasteiger partial charge in [-0.2, -0.15) is 0 Å². The van der Waals surface area contributed by atoms with E-state index in [2.05, 4.69) is 0 Å². The lowest BCUT2D eigenvalue weighted by Gasteiger charge is -2.10. The molecule has 0 amide bonds. The van der Waals surface area contributed by atoms with Crippen molar-refractivity contribution in [1.82, 2.24) is 0 Å². The predicted octanol–water partition coefficient (Wildman–Crippen LogP) is 3.20. The molecule has 0 fully saturated rings. The van der Waals surface area contributed by atoms with Crippen LogP contribution in [0.2, 0.25) is 0 Å². The quantitative estimate of drug-likeness (QED) is 0.849. The molecule has 2 nitrogen and oxygen atoms in total. The van der Waals surface area contributed by atoms with Crippen LogP contribution in [0.1, 0.15) is 19.4 Å². The number of aliphatic carboxylic acids is 1. The van der Waals surface area contributed by atoms with E-state index >= 15 is 0 Å². The van der Waals surface area contributed by atoms with Gasteiger partial charge in [0.15, 0.2) is 0 Å². The Bertz CT molecular complexity index is 397. The molecular formula is C13H15FO2. The first-order chi connectivity index (χ1) is 7.52. The summed E-state index contributed by atoms with van der Waals surface area (Å²) in [4.78, 5) is 10.9. The van der Waals surface area contributed by atoms with Crippen LogP contribution in [0.15, 0.2) is 30.3 Å². The first kappa shape index (κ1) is 12.4. The minimum absolute atomic E-state index is 0.0134. The number of carboxylic acids is 1. The molecule has 86 valence electrons. The van der Waals surface area contributed by atoms with Gasteiger partial charge in [0.2, 0.25) is 0 Å². The smallest absolute Gasteiger partial charge is 0.310 e. The highest BCUT2D eigenvalue weighted by Crippen LogP contribution is 2.16. The summed E-state index contributed by atoms with van der Waals surface area (Å²) in [7, 11) is 0. The molecule has 0 aliphatic carbocycles. The maximum atomic E-state index is 13.2. The Balaban J connectivity index is 2.87. The van der Waals surface area contributed by atoms with Gasteiger partial charge in [-0.1, -0.05) is 44.2 Å². The number of halogens is 1. The van der Waals surface area contributed by atoms with Crippen molar-refractivity contribution in [1.29, 1.82) is 0 Å². The highest BCUT2D eigenvalue weighted by Gasteiger charge is 2.17. The highest BCUT2D eigenvalue weighted by molar-refractivity contribution is 5.74. The standard InChI is InChI=1S/C13H15FO2/c1-9(2)11(13(15)16)8-7-10-5-3-4-6-12(10)14/h3-9,11H,1-2H3,(H,15,16)/b8-7+. The second kappa shape index (κ2) is 5.45. The fourth-order valence-corrected chi connectivity index (χ4v) is 1.41. The minimum atomic E-state index is -0.886. The molecule has 1 atom stereocenters. The number of hydrogen-bond donors (Lipinski definition) is 1. The van der Waals surface area contributed by atoms with E-state index in [1.165, 1.54) is 18.2 Å². The molecule has 0 aliphatic rings. The van der Waals surface area contributed by atoms with E-state index < -0.39 is 11.9 Å². The summed E-state index contributed by atoms with van der Waals surface area (Å²) in [6.45, 7) is 3.65. The number of carbonyl (C=O) groups is 1. The predicted molar refractivity (Wildman–Crippen MR) is 61.4 cm³/mol. The molecule has 0 radical (unpaired) electrons. The summed E-state index contributed by atoms with van der Waals surface area (Å²) in [5, 5.41) is 8.95. The largest absolute Gasteiger partial charge is 0.481 e. The average molecular weight is 222 g/mol. The van der Waals surface area contributed by atoms with Crippen molar-refractivity contribution in [2.24, 2.45) is 11.8 Å². The van der Waals surface area contributed by atoms with Crippen LogP contribution in [0.5, 0.6) is 0 Å². The highest BCUT2D eigenvalue weighted by atomic mass is 19.1. The summed E-state index contributed by atoms with van der Waals surface area (Å²) in [5.41, 5.74) is 0.411. The zero-order valence-electron chi connectivity index (χ0n) is 9.35. The number of carboxylic acid groups (broad SMARTS) is 1. The van der Waals surface area contributed by atoms with Gasteiger partial charge in [-0.15, -0.1) is 0 Å². The van der Waals surface area contributed by atoms with Gasteiger partial charge >= 0.3 is 5.97 Å². The Labute approximate surface area is 94.4 Å². The van der Waals surface area contributed by atoms with Crippen LogP contribution < -0.4 is 0 Å². The Morgan fingerprint density at radius 2 is 2.00 bits per heavy atom. The molecule has 1 rings (SSSR count). The summed E-state index contributed by atoms with van der Waals surface area (Å²) >= 11 is 0. The molecular weight excluding hydrogens is 207 g/mol. The van der Waals surface area contributed by atoms with Crippen LogP contribution >= 0.6 is 0 Å². The van der Waals surface area contributed by atoms with Crippen molar-refractivity contribution >= 4 is 12.0 Å². The van der Waals surface area contributed by atoms with E-state index in [0.29, 0.717) is 5.56 Å². The molecule has 0 heterocycles. The zero-order chi connectivity index (χ0) is 12.1. The topological polar surface area (TPSA) is 37.3 Å². The number of hydrogen-bond acceptors (Lipinski definition) is 1. The van der Waals surface area contributed by atoms with Crippen molar-refractivity contribution in [2.75, 3.05) is 0 Å². The van der Waals surface area contributed by atoms with Gasteiger partial charge in [0, 0.05) is 5.56 Å². The molecule has 0 aliphatic heterocycles. The maximum Gasteiger partial charge on any atom is 0.310 e. The molecule has 1 N–H and O–H groups in total. The lowest BCUT2D eigenvalue weighted by atomic mass is 9.95.